The van der Waals surface area contributed by atoms with Crippen LogP contribution in [-0.4, -0.2) is 42.9 Å². The van der Waals surface area contributed by atoms with Crippen LogP contribution in [0.3, 0.4) is 0 Å². The predicted octanol–water partition coefficient (Wildman–Crippen LogP) is 5.66. The summed E-state index contributed by atoms with van der Waals surface area (Å²) in [6, 6.07) is 19.7. The zero-order valence-electron chi connectivity index (χ0n) is 23.4. The number of fused-ring (bicyclic) bond motifs is 1. The van der Waals surface area contributed by atoms with Crippen molar-refractivity contribution in [3.8, 4) is 0 Å². The van der Waals surface area contributed by atoms with Gasteiger partial charge >= 0.3 is 18.1 Å². The molecule has 8 nitrogen and oxygen atoms in total. The second kappa shape index (κ2) is 11.6. The quantitative estimate of drug-likeness (QED) is 0.209. The van der Waals surface area contributed by atoms with Crippen molar-refractivity contribution in [1.29, 1.82) is 0 Å². The van der Waals surface area contributed by atoms with Gasteiger partial charge in [0.25, 0.3) is 0 Å². The van der Waals surface area contributed by atoms with Crippen molar-refractivity contribution in [2.75, 3.05) is 29.9 Å². The molecule has 0 bridgehead atoms. The number of nitrogens with one attached hydrogen (secondary N) is 1. The molecule has 2 heterocycles. The molecule has 1 aliphatic heterocycles. The molecule has 5 rings (SSSR count). The molecule has 0 spiro atoms. The van der Waals surface area contributed by atoms with E-state index in [2.05, 4.69) is 10.1 Å². The van der Waals surface area contributed by atoms with Crippen LogP contribution >= 0.6 is 0 Å². The fourth-order valence-corrected chi connectivity index (χ4v) is 5.50. The Bertz CT molecular complexity index is 1740. The highest BCUT2D eigenvalue weighted by atomic mass is 19.4. The minimum absolute atomic E-state index is 0.0763. The molecule has 0 aliphatic carbocycles. The second-order valence-electron chi connectivity index (χ2n) is 10.7. The van der Waals surface area contributed by atoms with Crippen LogP contribution in [0.5, 0.6) is 0 Å². The Morgan fingerprint density at radius 2 is 1.79 bits per heavy atom. The maximum absolute atomic E-state index is 13.3. The van der Waals surface area contributed by atoms with Crippen LogP contribution in [0.2, 0.25) is 0 Å². The molecule has 0 radical (unpaired) electrons. The lowest BCUT2D eigenvalue weighted by Gasteiger charge is -2.28. The SMILES string of the molecule is Cc1cc(C(C)Nc2ccccc2C(=O)OC(=O)C(F)(F)F)c2oc(N3CCC(CO)(c4ccccc4)C3)cc(=O)c2c1. The van der Waals surface area contributed by atoms with Gasteiger partial charge < -0.3 is 24.5 Å². The Balaban J connectivity index is 1.48. The summed E-state index contributed by atoms with van der Waals surface area (Å²) in [5, 5.41) is 13.8. The molecule has 1 saturated heterocycles. The van der Waals surface area contributed by atoms with Crippen LogP contribution in [-0.2, 0) is 14.9 Å². The van der Waals surface area contributed by atoms with E-state index in [0.29, 0.717) is 41.9 Å². The van der Waals surface area contributed by atoms with Crippen LogP contribution < -0.4 is 15.6 Å². The van der Waals surface area contributed by atoms with Crippen molar-refractivity contribution in [2.24, 2.45) is 0 Å². The number of ether oxygens (including phenoxy) is 1. The Labute approximate surface area is 244 Å². The van der Waals surface area contributed by atoms with Crippen molar-refractivity contribution < 1.29 is 37.0 Å². The number of carbonyl (C=O) groups excluding carboxylic acids is 2. The van der Waals surface area contributed by atoms with Gasteiger partial charge in [-0.25, -0.2) is 9.59 Å². The van der Waals surface area contributed by atoms with Crippen LogP contribution in [0.25, 0.3) is 11.0 Å². The number of hydrogen-bond acceptors (Lipinski definition) is 8. The molecule has 43 heavy (non-hydrogen) atoms. The molecule has 0 saturated carbocycles. The lowest BCUT2D eigenvalue weighted by Crippen LogP contribution is -2.34. The van der Waals surface area contributed by atoms with Crippen molar-refractivity contribution in [1.82, 2.24) is 0 Å². The summed E-state index contributed by atoms with van der Waals surface area (Å²) in [7, 11) is 0. The number of hydrogen-bond donors (Lipinski definition) is 2. The molecular formula is C32H29F3N2O6. The van der Waals surface area contributed by atoms with Gasteiger partial charge in [0.15, 0.2) is 11.3 Å². The Kier molecular flexibility index (Phi) is 8.02. The molecule has 2 unspecified atom stereocenters. The van der Waals surface area contributed by atoms with Crippen LogP contribution in [0, 0.1) is 6.92 Å². The molecule has 2 N–H and O–H groups in total. The lowest BCUT2D eigenvalue weighted by atomic mass is 9.80. The zero-order valence-corrected chi connectivity index (χ0v) is 23.4. The largest absolute Gasteiger partial charge is 0.491 e. The van der Waals surface area contributed by atoms with Gasteiger partial charge in [0, 0.05) is 35.8 Å². The van der Waals surface area contributed by atoms with Gasteiger partial charge in [-0.1, -0.05) is 48.5 Å². The fourth-order valence-electron chi connectivity index (χ4n) is 5.50. The number of nitrogens with zero attached hydrogens (tertiary/aromatic N) is 1. The number of esters is 2. The summed E-state index contributed by atoms with van der Waals surface area (Å²) < 4.78 is 48.4. The summed E-state index contributed by atoms with van der Waals surface area (Å²) in [5.74, 6) is -3.73. The standard InChI is InChI=1S/C32H29F3N2O6/c1-19-14-23(20(2)36-25-11-7-6-10-22(25)29(40)43-30(41)32(33,34)35)28-24(15-19)26(39)16-27(42-28)37-13-12-31(17-37,18-38)21-8-4-3-5-9-21/h3-11,14-16,20,36,38H,12-13,17-18H2,1-2H3. The third kappa shape index (κ3) is 5.98. The van der Waals surface area contributed by atoms with E-state index in [1.165, 1.54) is 24.3 Å². The van der Waals surface area contributed by atoms with Gasteiger partial charge in [0.05, 0.1) is 23.6 Å². The van der Waals surface area contributed by atoms with E-state index < -0.39 is 29.6 Å². The van der Waals surface area contributed by atoms with Crippen LogP contribution in [0.15, 0.2) is 82.0 Å². The monoisotopic (exact) mass is 594 g/mol. The van der Waals surface area contributed by atoms with Gasteiger partial charge in [0.2, 0.25) is 0 Å². The van der Waals surface area contributed by atoms with E-state index in [0.717, 1.165) is 11.1 Å². The van der Waals surface area contributed by atoms with E-state index in [9.17, 15) is 32.7 Å². The van der Waals surface area contributed by atoms with Gasteiger partial charge in [-0.3, -0.25) is 4.79 Å². The lowest BCUT2D eigenvalue weighted by molar-refractivity contribution is -0.193. The molecule has 1 fully saturated rings. The van der Waals surface area contributed by atoms with Crippen LogP contribution in [0.4, 0.5) is 24.7 Å². The number of aliphatic hydroxyl groups excluding tert-OH is 1. The Morgan fingerprint density at radius 1 is 1.09 bits per heavy atom. The molecule has 3 aromatic carbocycles. The van der Waals surface area contributed by atoms with E-state index in [4.69, 9.17) is 4.42 Å². The molecular weight excluding hydrogens is 565 g/mol. The summed E-state index contributed by atoms with van der Waals surface area (Å²) in [4.78, 5) is 39.0. The first kappa shape index (κ1) is 29.8. The summed E-state index contributed by atoms with van der Waals surface area (Å²) >= 11 is 0. The van der Waals surface area contributed by atoms with Gasteiger partial charge in [-0.05, 0) is 49.6 Å². The van der Waals surface area contributed by atoms with E-state index in [1.54, 1.807) is 19.1 Å². The molecule has 1 aliphatic rings. The third-order valence-electron chi connectivity index (χ3n) is 7.75. The molecule has 1 aromatic heterocycles. The van der Waals surface area contributed by atoms with Crippen molar-refractivity contribution in [3.63, 3.8) is 0 Å². The Morgan fingerprint density at radius 3 is 2.49 bits per heavy atom. The van der Waals surface area contributed by atoms with E-state index >= 15 is 0 Å². The predicted molar refractivity (Wildman–Crippen MR) is 154 cm³/mol. The summed E-state index contributed by atoms with van der Waals surface area (Å²) in [5.41, 5.74) is 1.70. The number of benzene rings is 3. The number of aryl methyl sites for hydroxylation is 1. The van der Waals surface area contributed by atoms with Gasteiger partial charge in [0.1, 0.15) is 5.58 Å². The summed E-state index contributed by atoms with van der Waals surface area (Å²) in [6.07, 6.45) is -4.67. The third-order valence-corrected chi connectivity index (χ3v) is 7.75. The number of rotatable bonds is 7. The summed E-state index contributed by atoms with van der Waals surface area (Å²) in [6.45, 7) is 4.46. The smallest absolute Gasteiger partial charge is 0.440 e. The minimum atomic E-state index is -5.33. The van der Waals surface area contributed by atoms with Crippen molar-refractivity contribution in [3.05, 3.63) is 105 Å². The van der Waals surface area contributed by atoms with Crippen molar-refractivity contribution >= 4 is 34.5 Å². The zero-order chi connectivity index (χ0) is 30.9. The van der Waals surface area contributed by atoms with E-state index in [1.807, 2.05) is 48.2 Å². The number of halogens is 3. The molecule has 0 amide bonds. The van der Waals surface area contributed by atoms with Gasteiger partial charge in [-0.2, -0.15) is 13.2 Å². The fraction of sp³-hybridized carbons (Fsp3) is 0.281. The number of para-hydroxylation sites is 1. The normalized spacial score (nSPS) is 17.6. The number of anilines is 2. The maximum atomic E-state index is 13.3. The van der Waals surface area contributed by atoms with Gasteiger partial charge in [-0.15, -0.1) is 0 Å². The topological polar surface area (TPSA) is 109 Å². The average Bonchev–Trinajstić information content (AvgIpc) is 3.43. The highest BCUT2D eigenvalue weighted by Crippen LogP contribution is 2.38. The molecule has 2 atom stereocenters. The number of aliphatic hydroxyl groups is 1. The molecule has 11 heteroatoms. The van der Waals surface area contributed by atoms with Crippen molar-refractivity contribution in [2.45, 2.75) is 37.9 Å². The maximum Gasteiger partial charge on any atom is 0.491 e. The first-order chi connectivity index (χ1) is 20.4. The molecule has 4 aromatic rings. The van der Waals surface area contributed by atoms with E-state index in [-0.39, 0.29) is 23.3 Å². The number of carbonyl (C=O) groups is 2. The minimum Gasteiger partial charge on any atom is -0.440 e. The van der Waals surface area contributed by atoms with Crippen LogP contribution in [0.1, 0.15) is 46.4 Å². The average molecular weight is 595 g/mol. The highest BCUT2D eigenvalue weighted by Gasteiger charge is 2.43. The molecule has 224 valence electrons. The number of alkyl halides is 3. The highest BCUT2D eigenvalue weighted by molar-refractivity contribution is 6.02. The first-order valence-electron chi connectivity index (χ1n) is 13.6. The Hall–Kier alpha value is -4.64. The second-order valence-corrected chi connectivity index (χ2v) is 10.7. The first-order valence-corrected chi connectivity index (χ1v) is 13.6.